The van der Waals surface area contributed by atoms with Gasteiger partial charge >= 0.3 is 5.97 Å². The van der Waals surface area contributed by atoms with Gasteiger partial charge in [0.15, 0.2) is 11.6 Å². The number of aromatic nitrogens is 2. The smallest absolute Gasteiger partial charge is 0.341 e. The molecule has 3 N–H and O–H groups in total. The van der Waals surface area contributed by atoms with Crippen molar-refractivity contribution in [1.82, 2.24) is 9.55 Å². The third-order valence-electron chi connectivity index (χ3n) is 6.55. The lowest BCUT2D eigenvalue weighted by atomic mass is 9.78. The molecule has 3 heterocycles. The number of allylic oxidation sites excluding steroid dienone is 1. The number of anilines is 1. The molecule has 0 amide bonds. The van der Waals surface area contributed by atoms with E-state index in [9.17, 15) is 14.7 Å². The summed E-state index contributed by atoms with van der Waals surface area (Å²) in [5, 5.41) is 9.39. The number of carbonyl (C=O) groups is 1. The quantitative estimate of drug-likeness (QED) is 0.766. The van der Waals surface area contributed by atoms with E-state index in [1.807, 2.05) is 4.90 Å². The van der Waals surface area contributed by atoms with Crippen molar-refractivity contribution in [2.45, 2.75) is 25.3 Å². The van der Waals surface area contributed by atoms with Gasteiger partial charge in [-0.3, -0.25) is 4.79 Å². The van der Waals surface area contributed by atoms with Crippen molar-refractivity contribution >= 4 is 22.8 Å². The fourth-order valence-electron chi connectivity index (χ4n) is 4.85. The Hall–Kier alpha value is -2.74. The molecule has 2 aromatic heterocycles. The van der Waals surface area contributed by atoms with E-state index in [1.54, 1.807) is 4.57 Å². The van der Waals surface area contributed by atoms with Crippen LogP contribution in [-0.4, -0.2) is 40.3 Å². The van der Waals surface area contributed by atoms with Gasteiger partial charge in [-0.05, 0) is 49.6 Å². The molecule has 2 aliphatic carbocycles. The molecule has 2 fully saturated rings. The maximum absolute atomic E-state index is 15.0. The van der Waals surface area contributed by atoms with E-state index in [-0.39, 0.29) is 22.8 Å². The molecule has 7 nitrogen and oxygen atoms in total. The molecule has 0 aromatic carbocycles. The highest BCUT2D eigenvalue weighted by molar-refractivity contribution is 5.92. The van der Waals surface area contributed by atoms with Crippen molar-refractivity contribution in [2.24, 2.45) is 23.5 Å². The third kappa shape index (κ3) is 2.93. The maximum Gasteiger partial charge on any atom is 0.341 e. The van der Waals surface area contributed by atoms with Crippen LogP contribution in [0.15, 0.2) is 29.2 Å². The largest absolute Gasteiger partial charge is 0.477 e. The van der Waals surface area contributed by atoms with Crippen molar-refractivity contribution in [3.8, 4) is 0 Å². The minimum Gasteiger partial charge on any atom is -0.477 e. The zero-order chi connectivity index (χ0) is 20.3. The molecule has 8 heteroatoms. The highest BCUT2D eigenvalue weighted by atomic mass is 19.1. The van der Waals surface area contributed by atoms with Crippen LogP contribution in [-0.2, 0) is 0 Å². The van der Waals surface area contributed by atoms with Gasteiger partial charge in [-0.15, -0.1) is 0 Å². The monoisotopic (exact) mass is 398 g/mol. The normalized spacial score (nSPS) is 26.1. The van der Waals surface area contributed by atoms with Gasteiger partial charge < -0.3 is 20.3 Å². The van der Waals surface area contributed by atoms with Crippen molar-refractivity contribution in [2.75, 3.05) is 24.5 Å². The molecule has 1 saturated heterocycles. The van der Waals surface area contributed by atoms with Crippen LogP contribution in [0.5, 0.6) is 0 Å². The minimum absolute atomic E-state index is 0.0226. The van der Waals surface area contributed by atoms with Gasteiger partial charge in [-0.1, -0.05) is 12.2 Å². The van der Waals surface area contributed by atoms with Crippen LogP contribution < -0.4 is 16.1 Å². The van der Waals surface area contributed by atoms with Crippen molar-refractivity contribution in [3.05, 3.63) is 46.0 Å². The maximum atomic E-state index is 15.0. The predicted molar refractivity (Wildman–Crippen MR) is 107 cm³/mol. The molecule has 29 heavy (non-hydrogen) atoms. The number of nitrogens with zero attached hydrogens (tertiary/aromatic N) is 3. The number of fused-ring (bicyclic) bond motifs is 2. The first-order chi connectivity index (χ1) is 14.0. The van der Waals surface area contributed by atoms with Crippen LogP contribution in [0.2, 0.25) is 0 Å². The average molecular weight is 398 g/mol. The summed E-state index contributed by atoms with van der Waals surface area (Å²) in [4.78, 5) is 30.6. The number of hydrogen-bond acceptors (Lipinski definition) is 5. The van der Waals surface area contributed by atoms with Crippen LogP contribution in [0.25, 0.3) is 11.0 Å². The number of pyridine rings is 2. The topological polar surface area (TPSA) is 101 Å². The molecule has 0 spiro atoms. The summed E-state index contributed by atoms with van der Waals surface area (Å²) >= 11 is 0. The summed E-state index contributed by atoms with van der Waals surface area (Å²) in [7, 11) is 0. The summed E-state index contributed by atoms with van der Waals surface area (Å²) in [6, 6.07) is 1.26. The molecule has 5 rings (SSSR count). The van der Waals surface area contributed by atoms with Crippen molar-refractivity contribution in [1.29, 1.82) is 0 Å². The number of rotatable bonds is 4. The second kappa shape index (κ2) is 6.66. The minimum atomic E-state index is -1.31. The van der Waals surface area contributed by atoms with Gasteiger partial charge in [0.1, 0.15) is 11.2 Å². The summed E-state index contributed by atoms with van der Waals surface area (Å²) in [6.45, 7) is 1.94. The van der Waals surface area contributed by atoms with Crippen LogP contribution in [0.4, 0.5) is 10.2 Å². The lowest BCUT2D eigenvalue weighted by Gasteiger charge is -2.27. The Morgan fingerprint density at radius 3 is 2.83 bits per heavy atom. The number of hydrogen-bond donors (Lipinski definition) is 2. The average Bonchev–Trinajstić information content (AvgIpc) is 3.45. The fourth-order valence-corrected chi connectivity index (χ4v) is 4.85. The van der Waals surface area contributed by atoms with Crippen LogP contribution in [0.1, 0.15) is 35.7 Å². The van der Waals surface area contributed by atoms with E-state index in [2.05, 4.69) is 17.1 Å². The predicted octanol–water partition coefficient (Wildman–Crippen LogP) is 2.16. The summed E-state index contributed by atoms with van der Waals surface area (Å²) in [5.74, 6) is -0.615. The van der Waals surface area contributed by atoms with E-state index in [4.69, 9.17) is 5.73 Å². The number of aromatic carboxylic acids is 1. The van der Waals surface area contributed by atoms with Crippen molar-refractivity contribution in [3.63, 3.8) is 0 Å². The second-order valence-corrected chi connectivity index (χ2v) is 8.37. The summed E-state index contributed by atoms with van der Waals surface area (Å²) in [6.07, 6.45) is 8.43. The lowest BCUT2D eigenvalue weighted by Crippen LogP contribution is -2.30. The van der Waals surface area contributed by atoms with E-state index >= 15 is 4.39 Å². The Labute approximate surface area is 166 Å². The van der Waals surface area contributed by atoms with Crippen molar-refractivity contribution < 1.29 is 14.3 Å². The molecule has 1 aliphatic heterocycles. The highest BCUT2D eigenvalue weighted by Gasteiger charge is 2.39. The van der Waals surface area contributed by atoms with E-state index in [1.165, 1.54) is 6.20 Å². The van der Waals surface area contributed by atoms with Crippen LogP contribution >= 0.6 is 0 Å². The Kier molecular flexibility index (Phi) is 4.20. The molecule has 2 aromatic rings. The standard InChI is InChI=1S/C21H23FN4O3/c22-17-6-14-18(27)16(21(28)29)10-26(13-4-5-13)19(14)24-20(17)25-8-12-3-1-2-11(7-23)15(12)9-25/h1,3,6,10-13,15H,2,4-5,7-9,23H2,(H,28,29). The zero-order valence-corrected chi connectivity index (χ0v) is 15.9. The van der Waals surface area contributed by atoms with Gasteiger partial charge in [-0.2, -0.15) is 0 Å². The zero-order valence-electron chi connectivity index (χ0n) is 15.9. The number of carboxylic acids is 1. The molecular formula is C21H23FN4O3. The summed E-state index contributed by atoms with van der Waals surface area (Å²) < 4.78 is 16.8. The SMILES string of the molecule is NCC1CC=CC2CN(c3nc4c(cc3F)c(=O)c(C(=O)O)cn4C3CC3)CC21. The number of carboxylic acid groups (broad SMARTS) is 1. The van der Waals surface area contributed by atoms with Gasteiger partial charge in [0.2, 0.25) is 5.43 Å². The Bertz CT molecular complexity index is 1090. The lowest BCUT2D eigenvalue weighted by molar-refractivity contribution is 0.0695. The first-order valence-corrected chi connectivity index (χ1v) is 10.1. The fraction of sp³-hybridized carbons (Fsp3) is 0.476. The van der Waals surface area contributed by atoms with Gasteiger partial charge in [0.25, 0.3) is 0 Å². The van der Waals surface area contributed by atoms with Crippen LogP contribution in [0, 0.1) is 23.6 Å². The molecule has 0 radical (unpaired) electrons. The molecule has 3 atom stereocenters. The molecular weight excluding hydrogens is 375 g/mol. The molecule has 0 bridgehead atoms. The summed E-state index contributed by atoms with van der Waals surface area (Å²) in [5.41, 5.74) is 5.26. The number of nitrogens with two attached hydrogens (primary N) is 1. The first kappa shape index (κ1) is 18.3. The van der Waals surface area contributed by atoms with Gasteiger partial charge in [0, 0.05) is 25.3 Å². The van der Waals surface area contributed by atoms with Gasteiger partial charge in [-0.25, -0.2) is 14.2 Å². The third-order valence-corrected chi connectivity index (χ3v) is 6.55. The first-order valence-electron chi connectivity index (χ1n) is 10.1. The van der Waals surface area contributed by atoms with Crippen LogP contribution in [0.3, 0.4) is 0 Å². The van der Waals surface area contributed by atoms with Gasteiger partial charge in [0.05, 0.1) is 5.39 Å². The Morgan fingerprint density at radius 2 is 2.14 bits per heavy atom. The highest BCUT2D eigenvalue weighted by Crippen LogP contribution is 2.40. The second-order valence-electron chi connectivity index (χ2n) is 8.37. The number of halogens is 1. The molecule has 3 unspecified atom stereocenters. The molecule has 1 saturated carbocycles. The van der Waals surface area contributed by atoms with E-state index in [0.29, 0.717) is 43.0 Å². The Morgan fingerprint density at radius 1 is 1.34 bits per heavy atom. The molecule has 152 valence electrons. The van der Waals surface area contributed by atoms with E-state index in [0.717, 1.165) is 25.3 Å². The van der Waals surface area contributed by atoms with E-state index < -0.39 is 17.2 Å². The Balaban J connectivity index is 1.61. The molecule has 3 aliphatic rings.